The maximum atomic E-state index is 13.1. The SMILES string of the molecule is COc1ccc(CN2CCCN(C(=O)c3cc(OC)c(C)c(OC)c3)CC2)cc1. The van der Waals surface area contributed by atoms with Crippen molar-refractivity contribution in [2.24, 2.45) is 0 Å². The molecule has 0 N–H and O–H groups in total. The first-order chi connectivity index (χ1) is 14.0. The number of rotatable bonds is 6. The van der Waals surface area contributed by atoms with E-state index in [0.29, 0.717) is 23.6 Å². The summed E-state index contributed by atoms with van der Waals surface area (Å²) in [6.07, 6.45) is 0.946. The maximum Gasteiger partial charge on any atom is 0.254 e. The molecule has 1 aliphatic rings. The predicted octanol–water partition coefficient (Wildman–Crippen LogP) is 3.37. The number of hydrogen-bond acceptors (Lipinski definition) is 5. The van der Waals surface area contributed by atoms with Crippen molar-refractivity contribution in [3.63, 3.8) is 0 Å². The smallest absolute Gasteiger partial charge is 0.254 e. The van der Waals surface area contributed by atoms with E-state index in [1.54, 1.807) is 33.5 Å². The van der Waals surface area contributed by atoms with E-state index < -0.39 is 0 Å². The standard InChI is InChI=1S/C23H30N2O4/c1-17-21(28-3)14-19(15-22(17)29-4)23(26)25-11-5-10-24(12-13-25)16-18-6-8-20(27-2)9-7-18/h6-9,14-15H,5,10-13,16H2,1-4H3. The molecule has 0 spiro atoms. The largest absolute Gasteiger partial charge is 0.497 e. The summed E-state index contributed by atoms with van der Waals surface area (Å²) in [4.78, 5) is 17.4. The van der Waals surface area contributed by atoms with E-state index in [-0.39, 0.29) is 5.91 Å². The van der Waals surface area contributed by atoms with Crippen molar-refractivity contribution in [2.75, 3.05) is 47.5 Å². The molecule has 2 aromatic carbocycles. The van der Waals surface area contributed by atoms with Crippen LogP contribution in [0.2, 0.25) is 0 Å². The van der Waals surface area contributed by atoms with Crippen LogP contribution in [0.1, 0.15) is 27.9 Å². The van der Waals surface area contributed by atoms with E-state index >= 15 is 0 Å². The van der Waals surface area contributed by atoms with Gasteiger partial charge in [0.25, 0.3) is 5.91 Å². The lowest BCUT2D eigenvalue weighted by Crippen LogP contribution is -2.35. The molecule has 1 aliphatic heterocycles. The number of nitrogens with zero attached hydrogens (tertiary/aromatic N) is 2. The number of benzene rings is 2. The van der Waals surface area contributed by atoms with E-state index in [4.69, 9.17) is 14.2 Å². The Hall–Kier alpha value is -2.73. The number of amides is 1. The summed E-state index contributed by atoms with van der Waals surface area (Å²) in [6.45, 7) is 6.06. The number of hydrogen-bond donors (Lipinski definition) is 0. The minimum absolute atomic E-state index is 0.0212. The molecule has 0 aromatic heterocycles. The van der Waals surface area contributed by atoms with Gasteiger partial charge in [0, 0.05) is 43.9 Å². The average Bonchev–Trinajstić information content (AvgIpc) is 2.99. The molecule has 6 nitrogen and oxygen atoms in total. The quantitative estimate of drug-likeness (QED) is 0.747. The molecule has 0 bridgehead atoms. The Morgan fingerprint density at radius 2 is 1.55 bits per heavy atom. The van der Waals surface area contributed by atoms with Crippen molar-refractivity contribution in [3.05, 3.63) is 53.1 Å². The van der Waals surface area contributed by atoms with Gasteiger partial charge in [-0.2, -0.15) is 0 Å². The van der Waals surface area contributed by atoms with Gasteiger partial charge in [-0.05, 0) is 43.2 Å². The molecule has 3 rings (SSSR count). The van der Waals surface area contributed by atoms with E-state index in [1.807, 2.05) is 24.0 Å². The van der Waals surface area contributed by atoms with Gasteiger partial charge in [0.2, 0.25) is 0 Å². The molecule has 1 amide bonds. The first-order valence-electron chi connectivity index (χ1n) is 9.93. The highest BCUT2D eigenvalue weighted by molar-refractivity contribution is 5.95. The molecule has 6 heteroatoms. The Kier molecular flexibility index (Phi) is 6.99. The van der Waals surface area contributed by atoms with Crippen LogP contribution in [0.5, 0.6) is 17.2 Å². The minimum Gasteiger partial charge on any atom is -0.497 e. The van der Waals surface area contributed by atoms with Crippen LogP contribution in [-0.4, -0.2) is 63.2 Å². The van der Waals surface area contributed by atoms with E-state index in [9.17, 15) is 4.79 Å². The second-order valence-electron chi connectivity index (χ2n) is 7.28. The van der Waals surface area contributed by atoms with Crippen LogP contribution in [0.3, 0.4) is 0 Å². The van der Waals surface area contributed by atoms with Crippen molar-refractivity contribution >= 4 is 5.91 Å². The van der Waals surface area contributed by atoms with Crippen LogP contribution >= 0.6 is 0 Å². The molecule has 29 heavy (non-hydrogen) atoms. The van der Waals surface area contributed by atoms with E-state index in [1.165, 1.54) is 5.56 Å². The van der Waals surface area contributed by atoms with Crippen LogP contribution < -0.4 is 14.2 Å². The van der Waals surface area contributed by atoms with Gasteiger partial charge in [-0.25, -0.2) is 0 Å². The fourth-order valence-electron chi connectivity index (χ4n) is 3.71. The summed E-state index contributed by atoms with van der Waals surface area (Å²) >= 11 is 0. The number of carbonyl (C=O) groups excluding carboxylic acids is 1. The zero-order valence-corrected chi connectivity index (χ0v) is 17.7. The fraction of sp³-hybridized carbons (Fsp3) is 0.435. The van der Waals surface area contributed by atoms with Crippen LogP contribution in [0.25, 0.3) is 0 Å². The molecule has 1 heterocycles. The molecular weight excluding hydrogens is 368 g/mol. The second-order valence-corrected chi connectivity index (χ2v) is 7.28. The number of ether oxygens (including phenoxy) is 3. The normalized spacial score (nSPS) is 15.0. The third kappa shape index (κ3) is 5.01. The van der Waals surface area contributed by atoms with Gasteiger partial charge >= 0.3 is 0 Å². The lowest BCUT2D eigenvalue weighted by Gasteiger charge is -2.23. The topological polar surface area (TPSA) is 51.2 Å². The summed E-state index contributed by atoms with van der Waals surface area (Å²) < 4.78 is 16.1. The molecule has 2 aromatic rings. The van der Waals surface area contributed by atoms with Crippen molar-refractivity contribution < 1.29 is 19.0 Å². The zero-order chi connectivity index (χ0) is 20.8. The third-order valence-corrected chi connectivity index (χ3v) is 5.44. The highest BCUT2D eigenvalue weighted by Gasteiger charge is 2.22. The summed E-state index contributed by atoms with van der Waals surface area (Å²) in [5, 5.41) is 0. The maximum absolute atomic E-state index is 13.1. The molecule has 0 atom stereocenters. The van der Waals surface area contributed by atoms with Gasteiger partial charge < -0.3 is 19.1 Å². The van der Waals surface area contributed by atoms with Crippen LogP contribution in [-0.2, 0) is 6.54 Å². The van der Waals surface area contributed by atoms with Gasteiger partial charge in [0.15, 0.2) is 0 Å². The van der Waals surface area contributed by atoms with Crippen LogP contribution in [0.4, 0.5) is 0 Å². The zero-order valence-electron chi connectivity index (χ0n) is 17.7. The average molecular weight is 399 g/mol. The first-order valence-corrected chi connectivity index (χ1v) is 9.93. The Bertz CT molecular complexity index is 810. The summed E-state index contributed by atoms with van der Waals surface area (Å²) in [5.41, 5.74) is 2.75. The van der Waals surface area contributed by atoms with Crippen molar-refractivity contribution in [2.45, 2.75) is 19.9 Å². The monoisotopic (exact) mass is 398 g/mol. The van der Waals surface area contributed by atoms with E-state index in [0.717, 1.165) is 43.9 Å². The molecular formula is C23H30N2O4. The summed E-state index contributed by atoms with van der Waals surface area (Å²) in [6, 6.07) is 11.8. The lowest BCUT2D eigenvalue weighted by atomic mass is 10.1. The van der Waals surface area contributed by atoms with Gasteiger partial charge in [-0.1, -0.05) is 12.1 Å². The second kappa shape index (κ2) is 9.65. The molecule has 0 unspecified atom stereocenters. The predicted molar refractivity (Wildman–Crippen MR) is 113 cm³/mol. The van der Waals surface area contributed by atoms with Gasteiger partial charge in [0.1, 0.15) is 17.2 Å². The van der Waals surface area contributed by atoms with E-state index in [2.05, 4.69) is 17.0 Å². The van der Waals surface area contributed by atoms with Crippen LogP contribution in [0, 0.1) is 6.92 Å². The first kappa shape index (κ1) is 21.0. The van der Waals surface area contributed by atoms with Crippen LogP contribution in [0.15, 0.2) is 36.4 Å². The number of methoxy groups -OCH3 is 3. The third-order valence-electron chi connectivity index (χ3n) is 5.44. The Labute approximate surface area is 173 Å². The molecule has 0 radical (unpaired) electrons. The molecule has 1 fully saturated rings. The highest BCUT2D eigenvalue weighted by atomic mass is 16.5. The Morgan fingerprint density at radius 1 is 0.897 bits per heavy atom. The Morgan fingerprint density at radius 3 is 2.14 bits per heavy atom. The van der Waals surface area contributed by atoms with Gasteiger partial charge in [-0.3, -0.25) is 9.69 Å². The van der Waals surface area contributed by atoms with Crippen molar-refractivity contribution in [3.8, 4) is 17.2 Å². The van der Waals surface area contributed by atoms with Gasteiger partial charge in [-0.15, -0.1) is 0 Å². The van der Waals surface area contributed by atoms with Gasteiger partial charge in [0.05, 0.1) is 21.3 Å². The minimum atomic E-state index is 0.0212. The highest BCUT2D eigenvalue weighted by Crippen LogP contribution is 2.30. The van der Waals surface area contributed by atoms with Crippen molar-refractivity contribution in [1.29, 1.82) is 0 Å². The molecule has 156 valence electrons. The lowest BCUT2D eigenvalue weighted by molar-refractivity contribution is 0.0760. The fourth-order valence-corrected chi connectivity index (χ4v) is 3.71. The number of carbonyl (C=O) groups is 1. The molecule has 0 aliphatic carbocycles. The molecule has 1 saturated heterocycles. The molecule has 0 saturated carbocycles. The summed E-state index contributed by atoms with van der Waals surface area (Å²) in [5.74, 6) is 2.23. The Balaban J connectivity index is 1.66. The summed E-state index contributed by atoms with van der Waals surface area (Å²) in [7, 11) is 4.90. The van der Waals surface area contributed by atoms with Crippen molar-refractivity contribution in [1.82, 2.24) is 9.80 Å².